The van der Waals surface area contributed by atoms with Gasteiger partial charge in [0.05, 0.1) is 12.8 Å². The van der Waals surface area contributed by atoms with Crippen LogP contribution in [-0.2, 0) is 0 Å². The highest BCUT2D eigenvalue weighted by Crippen LogP contribution is 2.33. The molecule has 0 radical (unpaired) electrons. The third-order valence-corrected chi connectivity index (χ3v) is 3.67. The van der Waals surface area contributed by atoms with Gasteiger partial charge in [-0.1, -0.05) is 30.3 Å². The SMILES string of the molecule is Fc1ccc(-c2cccc3coc(C4=NCCN4)c23)cc1. The summed E-state index contributed by atoms with van der Waals surface area (Å²) in [7, 11) is 0. The molecule has 0 aliphatic carbocycles. The molecule has 1 aliphatic rings. The van der Waals surface area contributed by atoms with Crippen molar-refractivity contribution >= 4 is 16.6 Å². The van der Waals surface area contributed by atoms with Gasteiger partial charge in [-0.15, -0.1) is 0 Å². The van der Waals surface area contributed by atoms with Crippen molar-refractivity contribution in [3.05, 3.63) is 60.3 Å². The van der Waals surface area contributed by atoms with Crippen molar-refractivity contribution in [2.75, 3.05) is 13.1 Å². The Labute approximate surface area is 121 Å². The van der Waals surface area contributed by atoms with Gasteiger partial charge in [-0.25, -0.2) is 4.39 Å². The first-order valence-electron chi connectivity index (χ1n) is 6.88. The standard InChI is InChI=1S/C17H13FN2O/c18-13-6-4-11(5-7-13)14-3-1-2-12-10-21-16(15(12)14)17-19-8-9-20-17/h1-7,10H,8-9H2,(H,19,20). The second-order valence-corrected chi connectivity index (χ2v) is 5.00. The van der Waals surface area contributed by atoms with E-state index in [-0.39, 0.29) is 5.82 Å². The average Bonchev–Trinajstić information content (AvgIpc) is 3.16. The molecule has 0 amide bonds. The second-order valence-electron chi connectivity index (χ2n) is 5.00. The Bertz CT molecular complexity index is 834. The smallest absolute Gasteiger partial charge is 0.176 e. The van der Waals surface area contributed by atoms with Gasteiger partial charge in [0.15, 0.2) is 11.6 Å². The summed E-state index contributed by atoms with van der Waals surface area (Å²) in [4.78, 5) is 4.43. The summed E-state index contributed by atoms with van der Waals surface area (Å²) in [5, 5.41) is 5.26. The highest BCUT2D eigenvalue weighted by Gasteiger charge is 2.18. The van der Waals surface area contributed by atoms with Crippen molar-refractivity contribution in [2.45, 2.75) is 0 Å². The summed E-state index contributed by atoms with van der Waals surface area (Å²) in [5.74, 6) is 1.31. The van der Waals surface area contributed by atoms with Gasteiger partial charge >= 0.3 is 0 Å². The molecule has 0 unspecified atom stereocenters. The lowest BCUT2D eigenvalue weighted by Gasteiger charge is -2.06. The molecular formula is C17H13FN2O. The summed E-state index contributed by atoms with van der Waals surface area (Å²) in [6, 6.07) is 12.5. The number of hydrogen-bond donors (Lipinski definition) is 1. The molecule has 0 saturated heterocycles. The number of halogens is 1. The minimum Gasteiger partial charge on any atom is -0.460 e. The van der Waals surface area contributed by atoms with Crippen molar-refractivity contribution in [3.63, 3.8) is 0 Å². The van der Waals surface area contributed by atoms with E-state index in [0.29, 0.717) is 0 Å². The fourth-order valence-electron chi connectivity index (χ4n) is 2.70. The molecule has 1 aliphatic heterocycles. The van der Waals surface area contributed by atoms with Crippen molar-refractivity contribution in [1.29, 1.82) is 0 Å². The Hall–Kier alpha value is -2.62. The lowest BCUT2D eigenvalue weighted by Crippen LogP contribution is -2.19. The largest absolute Gasteiger partial charge is 0.460 e. The molecule has 0 saturated carbocycles. The van der Waals surface area contributed by atoms with Gasteiger partial charge in [0, 0.05) is 17.3 Å². The summed E-state index contributed by atoms with van der Waals surface area (Å²) in [5.41, 5.74) is 1.98. The Morgan fingerprint density at radius 2 is 1.95 bits per heavy atom. The zero-order valence-electron chi connectivity index (χ0n) is 11.3. The molecule has 0 spiro atoms. The number of rotatable bonds is 2. The van der Waals surface area contributed by atoms with Crippen LogP contribution in [0.2, 0.25) is 0 Å². The van der Waals surface area contributed by atoms with Crippen LogP contribution < -0.4 is 5.32 Å². The topological polar surface area (TPSA) is 37.5 Å². The van der Waals surface area contributed by atoms with Crippen molar-refractivity contribution in [1.82, 2.24) is 5.32 Å². The number of furan rings is 1. The van der Waals surface area contributed by atoms with E-state index in [0.717, 1.165) is 46.6 Å². The van der Waals surface area contributed by atoms with Gasteiger partial charge in [-0.3, -0.25) is 4.99 Å². The van der Waals surface area contributed by atoms with E-state index < -0.39 is 0 Å². The summed E-state index contributed by atoms with van der Waals surface area (Å²) in [6.07, 6.45) is 1.74. The van der Waals surface area contributed by atoms with Crippen LogP contribution in [-0.4, -0.2) is 18.9 Å². The van der Waals surface area contributed by atoms with E-state index in [2.05, 4.69) is 10.3 Å². The molecular weight excluding hydrogens is 267 g/mol. The lowest BCUT2D eigenvalue weighted by atomic mass is 9.99. The fraction of sp³-hybridized carbons (Fsp3) is 0.118. The van der Waals surface area contributed by atoms with Gasteiger partial charge < -0.3 is 9.73 Å². The first-order chi connectivity index (χ1) is 10.3. The molecule has 1 N–H and O–H groups in total. The van der Waals surface area contributed by atoms with E-state index in [4.69, 9.17) is 4.42 Å². The Morgan fingerprint density at radius 3 is 2.71 bits per heavy atom. The number of fused-ring (bicyclic) bond motifs is 1. The van der Waals surface area contributed by atoms with Crippen LogP contribution in [0.3, 0.4) is 0 Å². The van der Waals surface area contributed by atoms with Crippen LogP contribution in [0.5, 0.6) is 0 Å². The predicted molar refractivity (Wildman–Crippen MR) is 81.0 cm³/mol. The van der Waals surface area contributed by atoms with E-state index >= 15 is 0 Å². The molecule has 104 valence electrons. The minimum absolute atomic E-state index is 0.236. The van der Waals surface area contributed by atoms with Crippen LogP contribution in [0, 0.1) is 5.82 Å². The molecule has 3 nitrogen and oxygen atoms in total. The number of benzene rings is 2. The Morgan fingerprint density at radius 1 is 1.10 bits per heavy atom. The first-order valence-corrected chi connectivity index (χ1v) is 6.88. The van der Waals surface area contributed by atoms with Crippen molar-refractivity contribution < 1.29 is 8.81 Å². The van der Waals surface area contributed by atoms with Crippen LogP contribution in [0.15, 0.2) is 58.1 Å². The third-order valence-electron chi connectivity index (χ3n) is 3.67. The molecule has 2 aromatic carbocycles. The van der Waals surface area contributed by atoms with Crippen molar-refractivity contribution in [2.24, 2.45) is 4.99 Å². The third kappa shape index (κ3) is 2.00. The molecule has 0 fully saturated rings. The minimum atomic E-state index is -0.236. The van der Waals surface area contributed by atoms with Gasteiger partial charge in [0.2, 0.25) is 0 Å². The predicted octanol–water partition coefficient (Wildman–Crippen LogP) is 3.59. The molecule has 0 atom stereocenters. The normalized spacial score (nSPS) is 14.2. The van der Waals surface area contributed by atoms with Crippen LogP contribution in [0.25, 0.3) is 21.9 Å². The Balaban J connectivity index is 1.96. The second kappa shape index (κ2) is 4.74. The van der Waals surface area contributed by atoms with Crippen LogP contribution >= 0.6 is 0 Å². The van der Waals surface area contributed by atoms with Gasteiger partial charge in [0.1, 0.15) is 5.82 Å². The van der Waals surface area contributed by atoms with E-state index in [9.17, 15) is 4.39 Å². The number of aliphatic imine (C=N–C) groups is 1. The summed E-state index contributed by atoms with van der Waals surface area (Å²) >= 11 is 0. The average molecular weight is 280 g/mol. The van der Waals surface area contributed by atoms with Crippen molar-refractivity contribution in [3.8, 4) is 11.1 Å². The quantitative estimate of drug-likeness (QED) is 0.779. The maximum atomic E-state index is 13.1. The Kier molecular flexibility index (Phi) is 2.74. The highest BCUT2D eigenvalue weighted by atomic mass is 19.1. The van der Waals surface area contributed by atoms with Gasteiger partial charge in [-0.05, 0) is 23.3 Å². The molecule has 4 rings (SSSR count). The summed E-state index contributed by atoms with van der Waals surface area (Å²) < 4.78 is 18.9. The first kappa shape index (κ1) is 12.1. The zero-order valence-corrected chi connectivity index (χ0v) is 11.3. The maximum Gasteiger partial charge on any atom is 0.176 e. The molecule has 4 heteroatoms. The molecule has 21 heavy (non-hydrogen) atoms. The van der Waals surface area contributed by atoms with Gasteiger partial charge in [-0.2, -0.15) is 0 Å². The van der Waals surface area contributed by atoms with E-state index in [1.165, 1.54) is 12.1 Å². The van der Waals surface area contributed by atoms with Crippen LogP contribution in [0.1, 0.15) is 5.76 Å². The molecule has 2 heterocycles. The van der Waals surface area contributed by atoms with E-state index in [1.807, 2.05) is 18.2 Å². The number of amidine groups is 1. The number of nitrogens with zero attached hydrogens (tertiary/aromatic N) is 1. The monoisotopic (exact) mass is 280 g/mol. The van der Waals surface area contributed by atoms with Gasteiger partial charge in [0.25, 0.3) is 0 Å². The lowest BCUT2D eigenvalue weighted by molar-refractivity contribution is 0.560. The van der Waals surface area contributed by atoms with Crippen LogP contribution in [0.4, 0.5) is 4.39 Å². The molecule has 1 aromatic heterocycles. The molecule has 0 bridgehead atoms. The fourth-order valence-corrected chi connectivity index (χ4v) is 2.70. The highest BCUT2D eigenvalue weighted by molar-refractivity contribution is 6.12. The van der Waals surface area contributed by atoms with E-state index in [1.54, 1.807) is 18.4 Å². The zero-order chi connectivity index (χ0) is 14.2. The number of hydrogen-bond acceptors (Lipinski definition) is 3. The summed E-state index contributed by atoms with van der Waals surface area (Å²) in [6.45, 7) is 1.59. The maximum absolute atomic E-state index is 13.1. The number of nitrogens with one attached hydrogen (secondary N) is 1. The molecule has 3 aromatic rings.